The molecule has 0 radical (unpaired) electrons. The van der Waals surface area contributed by atoms with Crippen molar-refractivity contribution in [3.63, 3.8) is 0 Å². The Hall–Kier alpha value is -1.56. The van der Waals surface area contributed by atoms with Gasteiger partial charge in [0.25, 0.3) is 0 Å². The molecule has 0 aliphatic heterocycles. The van der Waals surface area contributed by atoms with Crippen LogP contribution in [0.3, 0.4) is 0 Å². The van der Waals surface area contributed by atoms with E-state index in [1.54, 1.807) is 6.92 Å². The molecule has 6 N–H and O–H groups in total. The Morgan fingerprint density at radius 2 is 2.10 bits per heavy atom. The van der Waals surface area contributed by atoms with Gasteiger partial charge in [-0.25, -0.2) is 13.6 Å². The minimum atomic E-state index is -4.15. The number of carboxylic acid groups (broad SMARTS) is 1. The van der Waals surface area contributed by atoms with E-state index in [0.29, 0.717) is 24.6 Å². The number of aliphatic carboxylic acids is 1. The zero-order valence-corrected chi connectivity index (χ0v) is 12.2. The summed E-state index contributed by atoms with van der Waals surface area (Å²) in [6, 6.07) is 0. The van der Waals surface area contributed by atoms with Crippen molar-refractivity contribution in [2.24, 2.45) is 10.9 Å². The number of aliphatic hydroxyl groups excluding tert-OH is 1. The molecule has 21 heavy (non-hydrogen) atoms. The van der Waals surface area contributed by atoms with E-state index in [2.05, 4.69) is 10.2 Å². The van der Waals surface area contributed by atoms with E-state index >= 15 is 0 Å². The number of aromatic nitrogens is 2. The van der Waals surface area contributed by atoms with Gasteiger partial charge in [-0.15, -0.1) is 10.2 Å². The molecule has 0 bridgehead atoms. The smallest absolute Gasteiger partial charge is 0.327 e. The highest BCUT2D eigenvalue weighted by atomic mass is 32.2. The Bertz CT molecular complexity index is 600. The van der Waals surface area contributed by atoms with Gasteiger partial charge in [0, 0.05) is 13.3 Å². The van der Waals surface area contributed by atoms with Gasteiger partial charge < -0.3 is 20.4 Å². The van der Waals surface area contributed by atoms with Crippen molar-refractivity contribution in [3.05, 3.63) is 11.8 Å². The maximum Gasteiger partial charge on any atom is 0.327 e. The Balaban J connectivity index is 2.65. The number of nitrogens with zero attached hydrogens (tertiary/aromatic N) is 2. The second kappa shape index (κ2) is 6.47. The fourth-order valence-electron chi connectivity index (χ4n) is 1.78. The zero-order valence-electron chi connectivity index (χ0n) is 11.4. The lowest BCUT2D eigenvalue weighted by Crippen LogP contribution is -2.62. The highest BCUT2D eigenvalue weighted by Gasteiger charge is 2.44. The summed E-state index contributed by atoms with van der Waals surface area (Å²) < 4.78 is 27.2. The summed E-state index contributed by atoms with van der Waals surface area (Å²) in [5.74, 6) is -1.98. The van der Waals surface area contributed by atoms with Crippen molar-refractivity contribution in [1.29, 1.82) is 0 Å². The molecule has 1 heterocycles. The predicted molar refractivity (Wildman–Crippen MR) is 70.5 cm³/mol. The summed E-state index contributed by atoms with van der Waals surface area (Å²) in [7, 11) is -4.15. The Morgan fingerprint density at radius 1 is 1.48 bits per heavy atom. The lowest BCUT2D eigenvalue weighted by Gasteiger charge is -2.28. The van der Waals surface area contributed by atoms with E-state index in [-0.39, 0.29) is 6.42 Å². The standard InChI is InChI=1S/C10H18N4O6S/c1-6-13-14-8(20-6)4-2-3-7(15)10(11,9(16)17)5-21(12,18)19/h7,15H,2-5,11H2,1H3,(H,16,17)(H2,12,18,19). The van der Waals surface area contributed by atoms with Gasteiger partial charge in [0.1, 0.15) is 0 Å². The van der Waals surface area contributed by atoms with Gasteiger partial charge in [-0.05, 0) is 12.8 Å². The van der Waals surface area contributed by atoms with Crippen molar-refractivity contribution < 1.29 is 27.8 Å². The summed E-state index contributed by atoms with van der Waals surface area (Å²) in [6.45, 7) is 1.62. The summed E-state index contributed by atoms with van der Waals surface area (Å²) in [6.07, 6.45) is -1.04. The average Bonchev–Trinajstić information content (AvgIpc) is 2.72. The Labute approximate surface area is 121 Å². The first kappa shape index (κ1) is 17.5. The quantitative estimate of drug-likeness (QED) is 0.426. The van der Waals surface area contributed by atoms with Gasteiger partial charge in [0.05, 0.1) is 11.9 Å². The van der Waals surface area contributed by atoms with Crippen molar-refractivity contribution in [2.45, 2.75) is 37.8 Å². The number of aliphatic hydroxyl groups is 1. The fourth-order valence-corrected chi connectivity index (χ4v) is 2.76. The molecule has 10 nitrogen and oxygen atoms in total. The van der Waals surface area contributed by atoms with Crippen LogP contribution in [0.1, 0.15) is 24.6 Å². The molecule has 0 fully saturated rings. The van der Waals surface area contributed by atoms with Crippen molar-refractivity contribution in [3.8, 4) is 0 Å². The van der Waals surface area contributed by atoms with Crippen LogP contribution in [0.2, 0.25) is 0 Å². The molecule has 0 aliphatic rings. The van der Waals surface area contributed by atoms with E-state index in [9.17, 15) is 18.3 Å². The molecule has 1 aromatic heterocycles. The largest absolute Gasteiger partial charge is 0.480 e. The molecule has 0 spiro atoms. The second-order valence-electron chi connectivity index (χ2n) is 4.78. The van der Waals surface area contributed by atoms with Gasteiger partial charge in [0.15, 0.2) is 5.54 Å². The van der Waals surface area contributed by atoms with Crippen molar-refractivity contribution >= 4 is 16.0 Å². The van der Waals surface area contributed by atoms with Crippen LogP contribution in [-0.2, 0) is 21.2 Å². The molecule has 0 saturated carbocycles. The molecule has 2 unspecified atom stereocenters. The maximum absolute atomic E-state index is 11.1. The molecule has 1 aromatic rings. The first-order valence-electron chi connectivity index (χ1n) is 6.04. The first-order chi connectivity index (χ1) is 9.54. The minimum absolute atomic E-state index is 0.0558. The number of rotatable bonds is 8. The molecule has 0 aromatic carbocycles. The third-order valence-corrected chi connectivity index (χ3v) is 3.75. The van der Waals surface area contributed by atoms with Crippen LogP contribution >= 0.6 is 0 Å². The SMILES string of the molecule is Cc1nnc(CCCC(O)C(N)(CS(N)(=O)=O)C(=O)O)o1. The fraction of sp³-hybridized carbons (Fsp3) is 0.700. The van der Waals surface area contributed by atoms with E-state index in [0.717, 1.165) is 0 Å². The van der Waals surface area contributed by atoms with E-state index in [4.69, 9.17) is 20.4 Å². The predicted octanol–water partition coefficient (Wildman–Crippen LogP) is -1.87. The molecule has 0 aliphatic carbocycles. The Morgan fingerprint density at radius 3 is 2.52 bits per heavy atom. The van der Waals surface area contributed by atoms with Crippen LogP contribution < -0.4 is 10.9 Å². The summed E-state index contributed by atoms with van der Waals surface area (Å²) >= 11 is 0. The number of hydrogen-bond donors (Lipinski definition) is 4. The number of nitrogens with two attached hydrogens (primary N) is 2. The van der Waals surface area contributed by atoms with Crippen LogP contribution in [0.5, 0.6) is 0 Å². The van der Waals surface area contributed by atoms with Gasteiger partial charge >= 0.3 is 5.97 Å². The molecular formula is C10H18N4O6S. The number of carboxylic acids is 1. The van der Waals surface area contributed by atoms with E-state index < -0.39 is 33.4 Å². The molecule has 0 saturated heterocycles. The number of carbonyl (C=O) groups is 1. The van der Waals surface area contributed by atoms with Crippen LogP contribution in [-0.4, -0.2) is 52.2 Å². The summed E-state index contributed by atoms with van der Waals surface area (Å²) in [4.78, 5) is 11.1. The third kappa shape index (κ3) is 5.04. The highest BCUT2D eigenvalue weighted by molar-refractivity contribution is 7.89. The molecular weight excluding hydrogens is 304 g/mol. The molecule has 2 atom stereocenters. The van der Waals surface area contributed by atoms with E-state index in [1.165, 1.54) is 0 Å². The lowest BCUT2D eigenvalue weighted by atomic mass is 9.92. The van der Waals surface area contributed by atoms with Crippen LogP contribution in [0.4, 0.5) is 0 Å². The number of hydrogen-bond acceptors (Lipinski definition) is 8. The van der Waals surface area contributed by atoms with Crippen LogP contribution in [0.15, 0.2) is 4.42 Å². The molecule has 1 rings (SSSR count). The van der Waals surface area contributed by atoms with Gasteiger partial charge in [-0.3, -0.25) is 4.79 Å². The van der Waals surface area contributed by atoms with Gasteiger partial charge in [0.2, 0.25) is 21.8 Å². The van der Waals surface area contributed by atoms with Crippen LogP contribution in [0, 0.1) is 6.92 Å². The zero-order chi connectivity index (χ0) is 16.3. The molecule has 0 amide bonds. The lowest BCUT2D eigenvalue weighted by molar-refractivity contribution is -0.147. The molecule has 11 heteroatoms. The summed E-state index contributed by atoms with van der Waals surface area (Å²) in [5, 5.41) is 31.1. The van der Waals surface area contributed by atoms with E-state index in [1.807, 2.05) is 0 Å². The number of aryl methyl sites for hydroxylation is 2. The molecule has 120 valence electrons. The summed E-state index contributed by atoms with van der Waals surface area (Å²) in [5.41, 5.74) is 3.13. The number of sulfonamides is 1. The average molecular weight is 322 g/mol. The second-order valence-corrected chi connectivity index (χ2v) is 6.39. The van der Waals surface area contributed by atoms with Crippen molar-refractivity contribution in [1.82, 2.24) is 10.2 Å². The number of primary sulfonamides is 1. The van der Waals surface area contributed by atoms with Gasteiger partial charge in [-0.2, -0.15) is 0 Å². The van der Waals surface area contributed by atoms with Crippen LogP contribution in [0.25, 0.3) is 0 Å². The topological polar surface area (TPSA) is 183 Å². The normalized spacial score (nSPS) is 16.4. The first-order valence-corrected chi connectivity index (χ1v) is 7.76. The minimum Gasteiger partial charge on any atom is -0.480 e. The highest BCUT2D eigenvalue weighted by Crippen LogP contribution is 2.16. The van der Waals surface area contributed by atoms with Gasteiger partial charge in [-0.1, -0.05) is 0 Å². The third-order valence-electron chi connectivity index (χ3n) is 2.87. The van der Waals surface area contributed by atoms with Crippen molar-refractivity contribution in [2.75, 3.05) is 5.75 Å². The monoisotopic (exact) mass is 322 g/mol. The maximum atomic E-state index is 11.1. The Kier molecular flexibility index (Phi) is 5.39.